The number of benzene rings is 2. The van der Waals surface area contributed by atoms with Gasteiger partial charge in [0.25, 0.3) is 5.91 Å². The van der Waals surface area contributed by atoms with Crippen LogP contribution in [-0.4, -0.2) is 22.5 Å². The lowest BCUT2D eigenvalue weighted by atomic mass is 9.94. The summed E-state index contributed by atoms with van der Waals surface area (Å²) in [6.07, 6.45) is 3.07. The number of ether oxygens (including phenoxy) is 1. The second kappa shape index (κ2) is 8.74. The molecule has 0 bridgehead atoms. The number of amides is 1. The number of carbonyl (C=O) groups excluding carboxylic acids is 1. The molecular weight excluding hydrogens is 376 g/mol. The van der Waals surface area contributed by atoms with E-state index in [1.54, 1.807) is 0 Å². The van der Waals surface area contributed by atoms with E-state index in [4.69, 9.17) is 9.26 Å². The summed E-state index contributed by atoms with van der Waals surface area (Å²) in [6.45, 7) is 6.90. The zero-order valence-corrected chi connectivity index (χ0v) is 17.9. The highest BCUT2D eigenvalue weighted by Gasteiger charge is 2.32. The van der Waals surface area contributed by atoms with Crippen molar-refractivity contribution in [2.24, 2.45) is 0 Å². The Bertz CT molecular complexity index is 1030. The zero-order valence-electron chi connectivity index (χ0n) is 17.9. The lowest BCUT2D eigenvalue weighted by Crippen LogP contribution is -2.39. The monoisotopic (exact) mass is 404 g/mol. The number of piperidine rings is 1. The molecule has 1 fully saturated rings. The highest BCUT2D eigenvalue weighted by Crippen LogP contribution is 2.33. The number of aromatic nitrogens is 1. The number of nitrogens with zero attached hydrogens (tertiary/aromatic N) is 2. The van der Waals surface area contributed by atoms with Crippen molar-refractivity contribution in [3.05, 3.63) is 82.2 Å². The maximum Gasteiger partial charge on any atom is 0.276 e. The molecule has 2 aromatic carbocycles. The van der Waals surface area contributed by atoms with Crippen LogP contribution >= 0.6 is 0 Å². The maximum atomic E-state index is 13.5. The van der Waals surface area contributed by atoms with Crippen molar-refractivity contribution in [1.82, 2.24) is 10.1 Å². The molecule has 156 valence electrons. The Balaban J connectivity index is 1.58. The van der Waals surface area contributed by atoms with Gasteiger partial charge >= 0.3 is 0 Å². The minimum atomic E-state index is -0.0834. The van der Waals surface area contributed by atoms with Crippen molar-refractivity contribution in [2.45, 2.75) is 52.7 Å². The third-order valence-electron chi connectivity index (χ3n) is 6.06. The first-order valence-corrected chi connectivity index (χ1v) is 10.6. The Morgan fingerprint density at radius 2 is 1.90 bits per heavy atom. The van der Waals surface area contributed by atoms with E-state index in [9.17, 15) is 4.79 Å². The van der Waals surface area contributed by atoms with Gasteiger partial charge in [-0.3, -0.25) is 4.79 Å². The van der Waals surface area contributed by atoms with Gasteiger partial charge in [-0.05, 0) is 62.8 Å². The fourth-order valence-electron chi connectivity index (χ4n) is 4.09. The molecule has 2 heterocycles. The van der Waals surface area contributed by atoms with Crippen LogP contribution in [0.1, 0.15) is 63.8 Å². The summed E-state index contributed by atoms with van der Waals surface area (Å²) in [4.78, 5) is 15.4. The van der Waals surface area contributed by atoms with Crippen LogP contribution in [0.25, 0.3) is 0 Å². The van der Waals surface area contributed by atoms with E-state index in [2.05, 4.69) is 30.3 Å². The van der Waals surface area contributed by atoms with Gasteiger partial charge in [0.05, 0.1) is 11.6 Å². The molecule has 5 nitrogen and oxygen atoms in total. The number of rotatable bonds is 5. The van der Waals surface area contributed by atoms with Crippen molar-refractivity contribution < 1.29 is 14.1 Å². The van der Waals surface area contributed by atoms with E-state index in [0.29, 0.717) is 11.5 Å². The average Bonchev–Trinajstić information content (AvgIpc) is 3.15. The Morgan fingerprint density at radius 3 is 2.70 bits per heavy atom. The first-order chi connectivity index (χ1) is 14.6. The number of carbonyl (C=O) groups is 1. The molecule has 1 aliphatic rings. The van der Waals surface area contributed by atoms with Crippen LogP contribution in [0.15, 0.2) is 53.1 Å². The molecule has 3 aromatic rings. The summed E-state index contributed by atoms with van der Waals surface area (Å²) in [6, 6.07) is 16.3. The lowest BCUT2D eigenvalue weighted by molar-refractivity contribution is 0.0598. The van der Waals surface area contributed by atoms with Gasteiger partial charge in [-0.25, -0.2) is 0 Å². The Labute approximate surface area is 177 Å². The van der Waals surface area contributed by atoms with Gasteiger partial charge < -0.3 is 14.2 Å². The molecule has 5 heteroatoms. The summed E-state index contributed by atoms with van der Waals surface area (Å²) >= 11 is 0. The maximum absolute atomic E-state index is 13.5. The van der Waals surface area contributed by atoms with Crippen LogP contribution in [-0.2, 0) is 6.61 Å². The normalized spacial score (nSPS) is 16.5. The Hall–Kier alpha value is -3.08. The molecule has 0 spiro atoms. The van der Waals surface area contributed by atoms with Gasteiger partial charge in [-0.2, -0.15) is 0 Å². The Morgan fingerprint density at radius 1 is 1.10 bits per heavy atom. The summed E-state index contributed by atoms with van der Waals surface area (Å²) in [7, 11) is 0. The number of aryl methyl sites for hydroxylation is 2. The molecule has 1 atom stereocenters. The second-order valence-electron chi connectivity index (χ2n) is 7.97. The van der Waals surface area contributed by atoms with E-state index in [0.717, 1.165) is 42.7 Å². The third kappa shape index (κ3) is 3.97. The first kappa shape index (κ1) is 20.2. The third-order valence-corrected chi connectivity index (χ3v) is 6.06. The van der Waals surface area contributed by atoms with E-state index in [1.165, 1.54) is 11.1 Å². The van der Waals surface area contributed by atoms with Crippen LogP contribution < -0.4 is 4.74 Å². The molecule has 0 N–H and O–H groups in total. The summed E-state index contributed by atoms with van der Waals surface area (Å²) in [5, 5.41) is 4.13. The largest absolute Gasteiger partial charge is 0.488 e. The van der Waals surface area contributed by atoms with Gasteiger partial charge in [0.15, 0.2) is 5.69 Å². The summed E-state index contributed by atoms with van der Waals surface area (Å²) in [5.41, 5.74) is 4.52. The standard InChI is InChI=1S/C25H28N2O3/c1-17-10-9-14-23(18(17)2)29-16-21-19(3)30-26-24(21)25(28)27-15-8-7-13-22(27)20-11-5-4-6-12-20/h4-6,9-12,14,22H,7-8,13,15-16H2,1-3H3. The Kier molecular flexibility index (Phi) is 5.88. The van der Waals surface area contributed by atoms with Crippen LogP contribution in [0.4, 0.5) is 0 Å². The van der Waals surface area contributed by atoms with Crippen LogP contribution in [0.2, 0.25) is 0 Å². The van der Waals surface area contributed by atoms with Crippen molar-refractivity contribution >= 4 is 5.91 Å². The smallest absolute Gasteiger partial charge is 0.276 e. The van der Waals surface area contributed by atoms with E-state index < -0.39 is 0 Å². The molecule has 1 aromatic heterocycles. The fourth-order valence-corrected chi connectivity index (χ4v) is 4.09. The van der Waals surface area contributed by atoms with Crippen LogP contribution in [0.5, 0.6) is 5.75 Å². The lowest BCUT2D eigenvalue weighted by Gasteiger charge is -2.35. The molecular formula is C25H28N2O3. The predicted molar refractivity (Wildman–Crippen MR) is 116 cm³/mol. The van der Waals surface area contributed by atoms with Crippen LogP contribution in [0.3, 0.4) is 0 Å². The molecule has 0 aliphatic carbocycles. The number of hydrogen-bond donors (Lipinski definition) is 0. The van der Waals surface area contributed by atoms with Crippen molar-refractivity contribution in [1.29, 1.82) is 0 Å². The minimum Gasteiger partial charge on any atom is -0.488 e. The SMILES string of the molecule is Cc1cccc(OCc2c(C(=O)N3CCCCC3c3ccccc3)noc2C)c1C. The van der Waals surface area contributed by atoms with E-state index >= 15 is 0 Å². The van der Waals surface area contributed by atoms with Gasteiger partial charge in [0.2, 0.25) is 0 Å². The summed E-state index contributed by atoms with van der Waals surface area (Å²) < 4.78 is 11.5. The van der Waals surface area contributed by atoms with E-state index in [1.807, 2.05) is 49.1 Å². The highest BCUT2D eigenvalue weighted by atomic mass is 16.5. The summed E-state index contributed by atoms with van der Waals surface area (Å²) in [5.74, 6) is 1.35. The second-order valence-corrected chi connectivity index (χ2v) is 7.97. The minimum absolute atomic E-state index is 0.0669. The van der Waals surface area contributed by atoms with Crippen molar-refractivity contribution in [3.63, 3.8) is 0 Å². The molecule has 4 rings (SSSR count). The van der Waals surface area contributed by atoms with Gasteiger partial charge in [-0.15, -0.1) is 0 Å². The van der Waals surface area contributed by atoms with Gasteiger partial charge in [-0.1, -0.05) is 47.6 Å². The molecule has 1 amide bonds. The quantitative estimate of drug-likeness (QED) is 0.560. The van der Waals surface area contributed by atoms with Crippen molar-refractivity contribution in [3.8, 4) is 5.75 Å². The zero-order chi connectivity index (χ0) is 21.1. The molecule has 0 radical (unpaired) electrons. The highest BCUT2D eigenvalue weighted by molar-refractivity contribution is 5.94. The van der Waals surface area contributed by atoms with Crippen molar-refractivity contribution in [2.75, 3.05) is 6.54 Å². The topological polar surface area (TPSA) is 55.6 Å². The molecule has 1 aliphatic heterocycles. The fraction of sp³-hybridized carbons (Fsp3) is 0.360. The van der Waals surface area contributed by atoms with Crippen LogP contribution in [0, 0.1) is 20.8 Å². The van der Waals surface area contributed by atoms with E-state index in [-0.39, 0.29) is 18.6 Å². The molecule has 1 saturated heterocycles. The molecule has 30 heavy (non-hydrogen) atoms. The predicted octanol–water partition coefficient (Wildman–Crippen LogP) is 5.55. The molecule has 1 unspecified atom stereocenters. The number of likely N-dealkylation sites (tertiary alicyclic amines) is 1. The number of hydrogen-bond acceptors (Lipinski definition) is 4. The first-order valence-electron chi connectivity index (χ1n) is 10.6. The molecule has 0 saturated carbocycles. The van der Waals surface area contributed by atoms with Gasteiger partial charge in [0, 0.05) is 6.54 Å². The average molecular weight is 405 g/mol. The van der Waals surface area contributed by atoms with Gasteiger partial charge in [0.1, 0.15) is 18.1 Å².